The number of benzene rings is 6. The van der Waals surface area contributed by atoms with Crippen LogP contribution in [0.15, 0.2) is 79.4 Å². The molecule has 0 saturated carbocycles. The summed E-state index contributed by atoms with van der Waals surface area (Å²) in [5.74, 6) is -44.7. The molecule has 0 aliphatic carbocycles. The van der Waals surface area contributed by atoms with Gasteiger partial charge in [-0.15, -0.1) is 0 Å². The van der Waals surface area contributed by atoms with Gasteiger partial charge in [0.2, 0.25) is 69.8 Å². The van der Waals surface area contributed by atoms with Gasteiger partial charge in [0.05, 0.1) is 5.69 Å². The minimum absolute atomic E-state index is 0.0259. The first-order chi connectivity index (χ1) is 28.0. The van der Waals surface area contributed by atoms with E-state index in [4.69, 9.17) is 0 Å². The fourth-order valence-electron chi connectivity index (χ4n) is 5.73. The van der Waals surface area contributed by atoms with Crippen LogP contribution in [0.2, 0.25) is 0 Å². The first-order valence-corrected chi connectivity index (χ1v) is 16.5. The van der Waals surface area contributed by atoms with Gasteiger partial charge in [-0.3, -0.25) is 0 Å². The van der Waals surface area contributed by atoms with Crippen molar-refractivity contribution in [2.24, 2.45) is 0 Å². The second-order valence-corrected chi connectivity index (χ2v) is 12.2. The summed E-state index contributed by atoms with van der Waals surface area (Å²) >= 11 is 0. The van der Waals surface area contributed by atoms with Crippen molar-refractivity contribution >= 4 is 30.5 Å². The fraction of sp³-hybridized carbons (Fsp3) is 0.0500. The molecule has 0 aromatic heterocycles. The molecule has 0 amide bonds. The molecule has 19 heteroatoms. The maximum Gasteiger partial charge on any atom is 0.864 e. The van der Waals surface area contributed by atoms with Crippen LogP contribution < -0.4 is 18.9 Å². The Morgan fingerprint density at radius 1 is 0.475 bits per heavy atom. The Morgan fingerprint density at radius 2 is 0.864 bits per heavy atom. The highest BCUT2D eigenvalue weighted by Crippen LogP contribution is 2.40. The zero-order chi connectivity index (χ0) is 43.0. The summed E-state index contributed by atoms with van der Waals surface area (Å²) < 4.78 is 217. The van der Waals surface area contributed by atoms with Crippen LogP contribution >= 0.6 is 0 Å². The van der Waals surface area contributed by atoms with E-state index in [9.17, 15) is 43.9 Å². The van der Waals surface area contributed by atoms with Crippen molar-refractivity contribution in [1.82, 2.24) is 0 Å². The molecule has 6 aromatic rings. The minimum atomic E-state index is -3.72. The number of rotatable bonds is 12. The number of aryl methyl sites for hydroxylation is 1. The molecule has 0 unspecified atom stereocenters. The molecule has 6 rings (SSSR count). The molecule has 0 aliphatic rings. The SMILES string of the molecule is C=Cc1c(Cc2c(F)c(F)c(OB(Oc3c(F)c(F)c(F)c(F)c3F)Oc3c(F)c(F)c(F)c(F)c3F)c(F)c2F)cccc1N(c1ccccc1)c1ccc(C)cc1. The molecule has 0 radical (unpaired) electrons. The average molecular weight is 839 g/mol. The number of nitrogens with zero attached hydrogens (tertiary/aromatic N) is 1. The zero-order valence-corrected chi connectivity index (χ0v) is 29.5. The average Bonchev–Trinajstić information content (AvgIpc) is 3.24. The third-order valence-corrected chi connectivity index (χ3v) is 8.59. The molecule has 0 spiro atoms. The van der Waals surface area contributed by atoms with Crippen LogP contribution in [-0.2, 0) is 6.42 Å². The fourth-order valence-corrected chi connectivity index (χ4v) is 5.73. The van der Waals surface area contributed by atoms with Crippen molar-refractivity contribution in [3.8, 4) is 17.2 Å². The second-order valence-electron chi connectivity index (χ2n) is 12.2. The first-order valence-electron chi connectivity index (χ1n) is 16.5. The summed E-state index contributed by atoms with van der Waals surface area (Å²) in [6, 6.07) is 20.3. The van der Waals surface area contributed by atoms with E-state index < -0.39 is 118 Å². The molecule has 0 bridgehead atoms. The Morgan fingerprint density at radius 3 is 1.29 bits per heavy atom. The van der Waals surface area contributed by atoms with E-state index >= 15 is 17.6 Å². The van der Waals surface area contributed by atoms with Crippen LogP contribution in [0.1, 0.15) is 22.3 Å². The van der Waals surface area contributed by atoms with Gasteiger partial charge in [-0.25, -0.2) is 35.1 Å². The topological polar surface area (TPSA) is 30.9 Å². The number of hydrogen-bond acceptors (Lipinski definition) is 4. The Bertz CT molecular complexity index is 2450. The Hall–Kier alpha value is -6.66. The van der Waals surface area contributed by atoms with E-state index in [2.05, 4.69) is 20.5 Å². The van der Waals surface area contributed by atoms with Crippen molar-refractivity contribution in [3.05, 3.63) is 183 Å². The van der Waals surface area contributed by atoms with E-state index in [1.165, 1.54) is 18.2 Å². The lowest BCUT2D eigenvalue weighted by atomic mass is 9.96. The lowest BCUT2D eigenvalue weighted by molar-refractivity contribution is 0.249. The molecule has 0 N–H and O–H groups in total. The molecular weight excluding hydrogens is 819 g/mol. The smallest absolute Gasteiger partial charge is 0.484 e. The largest absolute Gasteiger partial charge is 0.864 e. The lowest BCUT2D eigenvalue weighted by Gasteiger charge is -2.28. The third kappa shape index (κ3) is 7.71. The van der Waals surface area contributed by atoms with Gasteiger partial charge in [0.1, 0.15) is 0 Å². The molecule has 0 fully saturated rings. The van der Waals surface area contributed by atoms with Gasteiger partial charge in [0, 0.05) is 28.9 Å². The third-order valence-electron chi connectivity index (χ3n) is 8.59. The number of halogens is 14. The highest BCUT2D eigenvalue weighted by molar-refractivity contribution is 6.39. The van der Waals surface area contributed by atoms with E-state index in [0.29, 0.717) is 17.1 Å². The maximum atomic E-state index is 15.8. The first kappa shape index (κ1) is 42.0. The standard InChI is InChI=1S/C40H20BF14NO3/c1-3-21-18(8-7-11-23(21)56(19-9-5-4-6-10-19)20-14-12-17(2)13-15-20)16-22-24(42)32(50)38(33(51)25(22)43)57-41(58-39-34(52)28(46)26(44)29(47)35(39)53)59-40-36(54)30(48)27(45)31(49)37(40)55/h3-15H,1,16H2,2H3. The van der Waals surface area contributed by atoms with Gasteiger partial charge in [0.15, 0.2) is 28.9 Å². The molecule has 59 heavy (non-hydrogen) atoms. The van der Waals surface area contributed by atoms with E-state index in [1.54, 1.807) is 53.4 Å². The van der Waals surface area contributed by atoms with E-state index in [-0.39, 0.29) is 11.1 Å². The van der Waals surface area contributed by atoms with Crippen molar-refractivity contribution in [1.29, 1.82) is 0 Å². The summed E-state index contributed by atoms with van der Waals surface area (Å²) in [5.41, 5.74) is 1.45. The summed E-state index contributed by atoms with van der Waals surface area (Å²) in [7, 11) is -3.72. The predicted octanol–water partition coefficient (Wildman–Crippen LogP) is 12.2. The summed E-state index contributed by atoms with van der Waals surface area (Å²) in [4.78, 5) is 1.75. The number of hydrogen-bond donors (Lipinski definition) is 0. The van der Waals surface area contributed by atoms with Gasteiger partial charge >= 0.3 is 7.32 Å². The molecule has 0 saturated heterocycles. The Balaban J connectivity index is 1.44. The summed E-state index contributed by atoms with van der Waals surface area (Å²) in [6.07, 6.45) is 0.371. The highest BCUT2D eigenvalue weighted by atomic mass is 19.2. The highest BCUT2D eigenvalue weighted by Gasteiger charge is 2.42. The van der Waals surface area contributed by atoms with Crippen molar-refractivity contribution in [2.75, 3.05) is 4.90 Å². The monoisotopic (exact) mass is 839 g/mol. The van der Waals surface area contributed by atoms with Crippen LogP contribution in [0.3, 0.4) is 0 Å². The van der Waals surface area contributed by atoms with Gasteiger partial charge in [-0.1, -0.05) is 60.7 Å². The normalized spacial score (nSPS) is 11.1. The van der Waals surface area contributed by atoms with Gasteiger partial charge in [0.25, 0.3) is 0 Å². The van der Waals surface area contributed by atoms with E-state index in [1.807, 2.05) is 19.1 Å². The number of anilines is 3. The minimum Gasteiger partial charge on any atom is -0.484 e. The lowest BCUT2D eigenvalue weighted by Crippen LogP contribution is -2.39. The van der Waals surface area contributed by atoms with Crippen LogP contribution in [-0.4, -0.2) is 7.32 Å². The summed E-state index contributed by atoms with van der Waals surface area (Å²) in [6.45, 7) is 5.63. The molecule has 0 atom stereocenters. The van der Waals surface area contributed by atoms with Crippen molar-refractivity contribution in [3.63, 3.8) is 0 Å². The van der Waals surface area contributed by atoms with E-state index in [0.717, 1.165) is 5.56 Å². The van der Waals surface area contributed by atoms with Crippen LogP contribution in [0.25, 0.3) is 6.08 Å². The molecule has 0 aliphatic heterocycles. The van der Waals surface area contributed by atoms with Gasteiger partial charge < -0.3 is 18.9 Å². The van der Waals surface area contributed by atoms with Gasteiger partial charge in [-0.2, -0.15) is 26.3 Å². The predicted molar refractivity (Wildman–Crippen MR) is 185 cm³/mol. The van der Waals surface area contributed by atoms with Crippen LogP contribution in [0, 0.1) is 88.4 Å². The van der Waals surface area contributed by atoms with Crippen LogP contribution in [0.4, 0.5) is 78.5 Å². The Kier molecular flexibility index (Phi) is 11.9. The molecular formula is C40H20BF14NO3. The quantitative estimate of drug-likeness (QED) is 0.0532. The van der Waals surface area contributed by atoms with Crippen molar-refractivity contribution < 1.29 is 75.4 Å². The van der Waals surface area contributed by atoms with Crippen molar-refractivity contribution in [2.45, 2.75) is 13.3 Å². The second kappa shape index (κ2) is 16.7. The molecule has 304 valence electrons. The maximum absolute atomic E-state index is 15.8. The summed E-state index contributed by atoms with van der Waals surface area (Å²) in [5, 5.41) is 0. The number of para-hydroxylation sites is 1. The molecule has 4 nitrogen and oxygen atoms in total. The molecule has 6 aromatic carbocycles. The molecule has 0 heterocycles. The van der Waals surface area contributed by atoms with Gasteiger partial charge in [-0.05, 0) is 42.8 Å². The van der Waals surface area contributed by atoms with Crippen LogP contribution in [0.5, 0.6) is 17.2 Å². The zero-order valence-electron chi connectivity index (χ0n) is 29.5. The Labute approximate surface area is 324 Å².